The molecule has 0 amide bonds. The van der Waals surface area contributed by atoms with Crippen LogP contribution in [-0.2, 0) is 6.54 Å². The first kappa shape index (κ1) is 25.6. The third-order valence-corrected chi connectivity index (χ3v) is 4.83. The van der Waals surface area contributed by atoms with Crippen molar-refractivity contribution < 1.29 is 22.6 Å². The first-order chi connectivity index (χ1) is 13.3. The average molecular weight is 530 g/mol. The Balaban J connectivity index is 0.00000420. The molecule has 0 saturated carbocycles. The summed E-state index contributed by atoms with van der Waals surface area (Å²) in [6.07, 6.45) is -4.20. The molecule has 1 aromatic rings. The molecule has 2 rings (SSSR count). The van der Waals surface area contributed by atoms with E-state index in [0.717, 1.165) is 5.56 Å². The van der Waals surface area contributed by atoms with Gasteiger partial charge in [-0.3, -0.25) is 9.89 Å². The highest BCUT2D eigenvalue weighted by atomic mass is 127. The first-order valence-corrected chi connectivity index (χ1v) is 9.36. The van der Waals surface area contributed by atoms with Crippen molar-refractivity contribution in [2.24, 2.45) is 4.99 Å². The van der Waals surface area contributed by atoms with Gasteiger partial charge in [0.1, 0.15) is 6.04 Å². The minimum atomic E-state index is -4.20. The van der Waals surface area contributed by atoms with Crippen molar-refractivity contribution >= 4 is 29.9 Å². The second-order valence-electron chi connectivity index (χ2n) is 6.56. The molecule has 6 nitrogen and oxygen atoms in total. The maximum Gasteiger partial charge on any atom is 0.403 e. The van der Waals surface area contributed by atoms with Gasteiger partial charge in [0.2, 0.25) is 0 Å². The van der Waals surface area contributed by atoms with E-state index in [0.29, 0.717) is 56.8 Å². The largest absolute Gasteiger partial charge is 0.493 e. The molecule has 1 heterocycles. The summed E-state index contributed by atoms with van der Waals surface area (Å²) < 4.78 is 49.6. The van der Waals surface area contributed by atoms with Crippen LogP contribution >= 0.6 is 24.0 Å². The smallest absolute Gasteiger partial charge is 0.403 e. The van der Waals surface area contributed by atoms with Crippen molar-refractivity contribution in [3.05, 3.63) is 23.8 Å². The number of halogens is 4. The Hall–Kier alpha value is -1.43. The number of rotatable bonds is 6. The van der Waals surface area contributed by atoms with Crippen LogP contribution in [0.4, 0.5) is 13.2 Å². The van der Waals surface area contributed by atoms with Crippen LogP contribution in [0.5, 0.6) is 11.5 Å². The maximum atomic E-state index is 12.9. The zero-order valence-corrected chi connectivity index (χ0v) is 19.6. The minimum absolute atomic E-state index is 0. The lowest BCUT2D eigenvalue weighted by molar-refractivity contribution is -0.181. The van der Waals surface area contributed by atoms with Gasteiger partial charge in [0.25, 0.3) is 0 Å². The van der Waals surface area contributed by atoms with Crippen molar-refractivity contribution in [3.63, 3.8) is 0 Å². The molecule has 166 valence electrons. The van der Waals surface area contributed by atoms with Crippen LogP contribution in [0.25, 0.3) is 0 Å². The predicted molar refractivity (Wildman–Crippen MR) is 118 cm³/mol. The molecule has 1 unspecified atom stereocenters. The summed E-state index contributed by atoms with van der Waals surface area (Å²) in [4.78, 5) is 7.71. The number of ether oxygens (including phenoxy) is 2. The van der Waals surface area contributed by atoms with Crippen molar-refractivity contribution in [2.75, 3.05) is 46.9 Å². The molecule has 1 saturated heterocycles. The van der Waals surface area contributed by atoms with Crippen LogP contribution in [0, 0.1) is 0 Å². The van der Waals surface area contributed by atoms with E-state index in [1.165, 1.54) is 11.8 Å². The predicted octanol–water partition coefficient (Wildman–Crippen LogP) is 3.36. The Labute approximate surface area is 187 Å². The summed E-state index contributed by atoms with van der Waals surface area (Å²) in [5, 5.41) is 3.28. The number of methoxy groups -OCH3 is 1. The Morgan fingerprint density at radius 3 is 2.38 bits per heavy atom. The summed E-state index contributed by atoms with van der Waals surface area (Å²) in [5.74, 6) is 2.02. The van der Waals surface area contributed by atoms with Crippen molar-refractivity contribution in [1.82, 2.24) is 15.1 Å². The van der Waals surface area contributed by atoms with Gasteiger partial charge in [-0.05, 0) is 31.5 Å². The topological polar surface area (TPSA) is 49.3 Å². The van der Waals surface area contributed by atoms with Gasteiger partial charge >= 0.3 is 6.18 Å². The SMILES string of the molecule is CCOc1cc(CNC(=NC)N2CCN(C(C)C(F)(F)F)CC2)ccc1OC.I. The monoisotopic (exact) mass is 530 g/mol. The Kier molecular flexibility index (Phi) is 10.3. The molecule has 1 N–H and O–H groups in total. The lowest BCUT2D eigenvalue weighted by Crippen LogP contribution is -2.56. The van der Waals surface area contributed by atoms with E-state index >= 15 is 0 Å². The van der Waals surface area contributed by atoms with E-state index in [4.69, 9.17) is 9.47 Å². The highest BCUT2D eigenvalue weighted by Gasteiger charge is 2.41. The van der Waals surface area contributed by atoms with Crippen LogP contribution < -0.4 is 14.8 Å². The fourth-order valence-corrected chi connectivity index (χ4v) is 3.14. The van der Waals surface area contributed by atoms with Crippen molar-refractivity contribution in [1.29, 1.82) is 0 Å². The molecule has 1 aromatic carbocycles. The van der Waals surface area contributed by atoms with E-state index in [2.05, 4.69) is 10.3 Å². The summed E-state index contributed by atoms with van der Waals surface area (Å²) in [6.45, 7) is 5.86. The lowest BCUT2D eigenvalue weighted by atomic mass is 10.2. The number of guanidine groups is 1. The second kappa shape index (κ2) is 11.7. The number of alkyl halides is 3. The molecule has 29 heavy (non-hydrogen) atoms. The highest BCUT2D eigenvalue weighted by molar-refractivity contribution is 14.0. The first-order valence-electron chi connectivity index (χ1n) is 9.36. The standard InChI is InChI=1S/C19H29F3N4O2.HI/c1-5-28-17-12-15(6-7-16(17)27-4)13-24-18(23-3)26-10-8-25(9-11-26)14(2)19(20,21)22;/h6-7,12,14H,5,8-11,13H2,1-4H3,(H,23,24);1H. The quantitative estimate of drug-likeness (QED) is 0.348. The molecule has 0 bridgehead atoms. The van der Waals surface area contributed by atoms with Gasteiger partial charge in [0, 0.05) is 39.8 Å². The van der Waals surface area contributed by atoms with Gasteiger partial charge in [-0.15, -0.1) is 24.0 Å². The van der Waals surface area contributed by atoms with Gasteiger partial charge in [0.15, 0.2) is 17.5 Å². The van der Waals surface area contributed by atoms with Crippen molar-refractivity contribution in [3.8, 4) is 11.5 Å². The number of aliphatic imine (C=N–C) groups is 1. The zero-order valence-electron chi connectivity index (χ0n) is 17.3. The lowest BCUT2D eigenvalue weighted by Gasteiger charge is -2.39. The van der Waals surface area contributed by atoms with Gasteiger partial charge < -0.3 is 19.7 Å². The van der Waals surface area contributed by atoms with Crippen LogP contribution in [-0.4, -0.2) is 74.9 Å². The molecule has 0 aromatic heterocycles. The second-order valence-corrected chi connectivity index (χ2v) is 6.56. The summed E-state index contributed by atoms with van der Waals surface area (Å²) in [5.41, 5.74) is 0.995. The number of benzene rings is 1. The molecule has 10 heteroatoms. The Bertz CT molecular complexity index is 665. The molecular formula is C19H30F3IN4O2. The van der Waals surface area contributed by atoms with E-state index < -0.39 is 12.2 Å². The molecule has 0 aliphatic carbocycles. The molecule has 0 radical (unpaired) electrons. The minimum Gasteiger partial charge on any atom is -0.493 e. The van der Waals surface area contributed by atoms with Crippen LogP contribution in [0.2, 0.25) is 0 Å². The molecule has 1 aliphatic rings. The number of piperazine rings is 1. The summed E-state index contributed by atoms with van der Waals surface area (Å²) in [7, 11) is 3.27. The van der Waals surface area contributed by atoms with E-state index in [1.54, 1.807) is 14.2 Å². The zero-order chi connectivity index (χ0) is 20.7. The number of hydrogen-bond acceptors (Lipinski definition) is 4. The van der Waals surface area contributed by atoms with Crippen LogP contribution in [0.3, 0.4) is 0 Å². The Morgan fingerprint density at radius 2 is 1.86 bits per heavy atom. The summed E-state index contributed by atoms with van der Waals surface area (Å²) >= 11 is 0. The molecular weight excluding hydrogens is 500 g/mol. The van der Waals surface area contributed by atoms with Gasteiger partial charge in [-0.25, -0.2) is 0 Å². The molecule has 0 spiro atoms. The molecule has 1 fully saturated rings. The molecule has 1 atom stereocenters. The normalized spacial score (nSPS) is 16.8. The van der Waals surface area contributed by atoms with Crippen molar-refractivity contribution in [2.45, 2.75) is 32.6 Å². The van der Waals surface area contributed by atoms with E-state index in [9.17, 15) is 13.2 Å². The van der Waals surface area contributed by atoms with E-state index in [1.807, 2.05) is 30.0 Å². The Morgan fingerprint density at radius 1 is 1.21 bits per heavy atom. The number of nitrogens with one attached hydrogen (secondary N) is 1. The van der Waals surface area contributed by atoms with Gasteiger partial charge in [-0.1, -0.05) is 6.07 Å². The maximum absolute atomic E-state index is 12.9. The summed E-state index contributed by atoms with van der Waals surface area (Å²) in [6, 6.07) is 4.26. The average Bonchev–Trinajstić information content (AvgIpc) is 2.68. The fourth-order valence-electron chi connectivity index (χ4n) is 3.14. The number of nitrogens with zero attached hydrogens (tertiary/aromatic N) is 3. The molecule has 1 aliphatic heterocycles. The highest BCUT2D eigenvalue weighted by Crippen LogP contribution is 2.28. The fraction of sp³-hybridized carbons (Fsp3) is 0.632. The van der Waals surface area contributed by atoms with Gasteiger partial charge in [-0.2, -0.15) is 13.2 Å². The van der Waals surface area contributed by atoms with Crippen LogP contribution in [0.1, 0.15) is 19.4 Å². The van der Waals surface area contributed by atoms with Crippen LogP contribution in [0.15, 0.2) is 23.2 Å². The van der Waals surface area contributed by atoms with E-state index in [-0.39, 0.29) is 24.0 Å². The van der Waals surface area contributed by atoms with Gasteiger partial charge in [0.05, 0.1) is 13.7 Å². The third-order valence-electron chi connectivity index (χ3n) is 4.83. The third kappa shape index (κ3) is 7.09. The number of hydrogen-bond donors (Lipinski definition) is 1.